The summed E-state index contributed by atoms with van der Waals surface area (Å²) in [7, 11) is 2.18. The monoisotopic (exact) mass is 202 g/mol. The molecule has 1 aromatic carbocycles. The van der Waals surface area contributed by atoms with Crippen molar-refractivity contribution < 1.29 is 0 Å². The highest BCUT2D eigenvalue weighted by Crippen LogP contribution is 2.31. The lowest BCUT2D eigenvalue weighted by Gasteiger charge is -2.28. The second-order valence-corrected chi connectivity index (χ2v) is 4.79. The minimum absolute atomic E-state index is 0.731. The van der Waals surface area contributed by atoms with Crippen molar-refractivity contribution in [3.63, 3.8) is 0 Å². The topological polar surface area (TPSA) is 15.3 Å². The highest BCUT2D eigenvalue weighted by Gasteiger charge is 2.19. The van der Waals surface area contributed by atoms with Crippen molar-refractivity contribution in [2.75, 3.05) is 23.8 Å². The van der Waals surface area contributed by atoms with Gasteiger partial charge in [-0.3, -0.25) is 0 Å². The van der Waals surface area contributed by atoms with Gasteiger partial charge >= 0.3 is 0 Å². The summed E-state index contributed by atoms with van der Waals surface area (Å²) in [5, 5.41) is 3.60. The van der Waals surface area contributed by atoms with E-state index in [0.717, 1.165) is 6.04 Å². The zero-order valence-corrected chi connectivity index (χ0v) is 9.29. The lowest BCUT2D eigenvalue weighted by Crippen LogP contribution is -2.27. The van der Waals surface area contributed by atoms with Crippen molar-refractivity contribution in [1.29, 1.82) is 0 Å². The van der Waals surface area contributed by atoms with E-state index >= 15 is 0 Å². The second-order valence-electron chi connectivity index (χ2n) is 4.79. The van der Waals surface area contributed by atoms with E-state index < -0.39 is 0 Å². The summed E-state index contributed by atoms with van der Waals surface area (Å²) in [4.78, 5) is 2.35. The molecule has 2 aliphatic rings. The Hall–Kier alpha value is -1.18. The minimum Gasteiger partial charge on any atom is -0.382 e. The molecule has 2 nitrogen and oxygen atoms in total. The number of fused-ring (bicyclic) bond motifs is 1. The van der Waals surface area contributed by atoms with E-state index in [1.54, 1.807) is 0 Å². The molecule has 1 N–H and O–H groups in total. The van der Waals surface area contributed by atoms with Crippen LogP contribution in [0.4, 0.5) is 11.4 Å². The Morgan fingerprint density at radius 2 is 2.20 bits per heavy atom. The average molecular weight is 202 g/mol. The summed E-state index contributed by atoms with van der Waals surface area (Å²) < 4.78 is 0. The lowest BCUT2D eigenvalue weighted by atomic mass is 9.93. The zero-order valence-electron chi connectivity index (χ0n) is 9.29. The van der Waals surface area contributed by atoms with Crippen LogP contribution in [0.25, 0.3) is 0 Å². The van der Waals surface area contributed by atoms with Crippen LogP contribution in [0.1, 0.15) is 24.8 Å². The summed E-state index contributed by atoms with van der Waals surface area (Å²) in [5.41, 5.74) is 4.21. The van der Waals surface area contributed by atoms with Gasteiger partial charge in [0.1, 0.15) is 0 Å². The van der Waals surface area contributed by atoms with E-state index in [4.69, 9.17) is 0 Å². The van der Waals surface area contributed by atoms with E-state index in [1.807, 2.05) is 0 Å². The number of rotatable bonds is 2. The molecule has 15 heavy (non-hydrogen) atoms. The molecule has 0 saturated heterocycles. The smallest absolute Gasteiger partial charge is 0.0417 e. The molecule has 1 saturated carbocycles. The molecule has 0 spiro atoms. The van der Waals surface area contributed by atoms with Crippen LogP contribution in [-0.4, -0.2) is 19.6 Å². The van der Waals surface area contributed by atoms with E-state index in [0.29, 0.717) is 0 Å². The summed E-state index contributed by atoms with van der Waals surface area (Å²) in [6, 6.07) is 7.55. The summed E-state index contributed by atoms with van der Waals surface area (Å²) >= 11 is 0. The quantitative estimate of drug-likeness (QED) is 0.793. The molecule has 1 aliphatic heterocycles. The molecule has 1 heterocycles. The number of benzene rings is 1. The molecule has 80 valence electrons. The van der Waals surface area contributed by atoms with Crippen LogP contribution in [0.15, 0.2) is 18.2 Å². The molecule has 1 aromatic rings. The van der Waals surface area contributed by atoms with Gasteiger partial charge in [0.25, 0.3) is 0 Å². The fourth-order valence-corrected chi connectivity index (χ4v) is 2.42. The molecular formula is C13H18N2. The van der Waals surface area contributed by atoms with E-state index in [9.17, 15) is 0 Å². The number of likely N-dealkylation sites (N-methyl/N-ethyl adjacent to an activating group) is 1. The molecule has 0 radical (unpaired) electrons. The first-order chi connectivity index (χ1) is 7.33. The molecule has 3 rings (SSSR count). The van der Waals surface area contributed by atoms with Crippen LogP contribution in [0.5, 0.6) is 0 Å². The fraction of sp³-hybridized carbons (Fsp3) is 0.538. The molecule has 1 aliphatic carbocycles. The molecule has 0 bridgehead atoms. The summed E-state index contributed by atoms with van der Waals surface area (Å²) in [6.45, 7) is 1.17. The second kappa shape index (κ2) is 3.44. The summed E-state index contributed by atoms with van der Waals surface area (Å²) in [5.74, 6) is 0. The van der Waals surface area contributed by atoms with Crippen molar-refractivity contribution in [1.82, 2.24) is 0 Å². The predicted molar refractivity (Wildman–Crippen MR) is 64.7 cm³/mol. The predicted octanol–water partition coefficient (Wildman–Crippen LogP) is 2.64. The van der Waals surface area contributed by atoms with E-state index in [1.165, 1.54) is 49.2 Å². The third-order valence-electron chi connectivity index (χ3n) is 3.69. The minimum atomic E-state index is 0.731. The first-order valence-electron chi connectivity index (χ1n) is 5.93. The van der Waals surface area contributed by atoms with Gasteiger partial charge < -0.3 is 10.2 Å². The van der Waals surface area contributed by atoms with Gasteiger partial charge in [-0.25, -0.2) is 0 Å². The van der Waals surface area contributed by atoms with Crippen LogP contribution in [0.2, 0.25) is 0 Å². The number of nitrogens with one attached hydrogen (secondary N) is 1. The Kier molecular flexibility index (Phi) is 2.08. The van der Waals surface area contributed by atoms with Gasteiger partial charge in [-0.05, 0) is 43.4 Å². The van der Waals surface area contributed by atoms with Gasteiger partial charge in [-0.1, -0.05) is 6.07 Å². The van der Waals surface area contributed by atoms with Crippen molar-refractivity contribution in [2.45, 2.75) is 31.7 Å². The SMILES string of the molecule is CN1CCc2ccc(NC3CCC3)cc21. The van der Waals surface area contributed by atoms with Crippen molar-refractivity contribution in [3.8, 4) is 0 Å². The number of hydrogen-bond donors (Lipinski definition) is 1. The van der Waals surface area contributed by atoms with Gasteiger partial charge in [0.05, 0.1) is 0 Å². The average Bonchev–Trinajstić information content (AvgIpc) is 2.55. The number of nitrogens with zero attached hydrogens (tertiary/aromatic N) is 1. The number of anilines is 2. The van der Waals surface area contributed by atoms with Crippen LogP contribution < -0.4 is 10.2 Å². The van der Waals surface area contributed by atoms with Crippen molar-refractivity contribution in [3.05, 3.63) is 23.8 Å². The van der Waals surface area contributed by atoms with Gasteiger partial charge in [0.2, 0.25) is 0 Å². The van der Waals surface area contributed by atoms with Gasteiger partial charge in [-0.2, -0.15) is 0 Å². The van der Waals surface area contributed by atoms with Crippen LogP contribution in [0.3, 0.4) is 0 Å². The fourth-order valence-electron chi connectivity index (χ4n) is 2.42. The van der Waals surface area contributed by atoms with Gasteiger partial charge in [0, 0.05) is 31.0 Å². The molecule has 0 aromatic heterocycles. The van der Waals surface area contributed by atoms with Crippen LogP contribution >= 0.6 is 0 Å². The lowest BCUT2D eigenvalue weighted by molar-refractivity contribution is 0.445. The van der Waals surface area contributed by atoms with Gasteiger partial charge in [0.15, 0.2) is 0 Å². The first kappa shape index (κ1) is 9.08. The van der Waals surface area contributed by atoms with Crippen molar-refractivity contribution in [2.24, 2.45) is 0 Å². The van der Waals surface area contributed by atoms with Crippen LogP contribution in [-0.2, 0) is 6.42 Å². The Morgan fingerprint density at radius 1 is 1.33 bits per heavy atom. The third kappa shape index (κ3) is 1.58. The maximum Gasteiger partial charge on any atom is 0.0417 e. The Morgan fingerprint density at radius 3 is 2.93 bits per heavy atom. The molecule has 0 amide bonds. The molecule has 0 atom stereocenters. The first-order valence-corrected chi connectivity index (χ1v) is 5.93. The maximum absolute atomic E-state index is 3.60. The Labute approximate surface area is 91.3 Å². The van der Waals surface area contributed by atoms with E-state index in [-0.39, 0.29) is 0 Å². The third-order valence-corrected chi connectivity index (χ3v) is 3.69. The van der Waals surface area contributed by atoms with Crippen molar-refractivity contribution >= 4 is 11.4 Å². The normalized spacial score (nSPS) is 19.9. The molecule has 2 heteroatoms. The van der Waals surface area contributed by atoms with Crippen LogP contribution in [0, 0.1) is 0 Å². The zero-order chi connectivity index (χ0) is 10.3. The largest absolute Gasteiger partial charge is 0.382 e. The summed E-state index contributed by atoms with van der Waals surface area (Å²) in [6.07, 6.45) is 5.28. The Balaban J connectivity index is 1.81. The van der Waals surface area contributed by atoms with Gasteiger partial charge in [-0.15, -0.1) is 0 Å². The highest BCUT2D eigenvalue weighted by molar-refractivity contribution is 5.65. The highest BCUT2D eigenvalue weighted by atomic mass is 15.1. The van der Waals surface area contributed by atoms with E-state index in [2.05, 4.69) is 35.5 Å². The number of hydrogen-bond acceptors (Lipinski definition) is 2. The molecular weight excluding hydrogens is 184 g/mol. The maximum atomic E-state index is 3.60. The Bertz CT molecular complexity index is 369. The standard InChI is InChI=1S/C13H18N2/c1-15-8-7-10-5-6-12(9-13(10)15)14-11-3-2-4-11/h5-6,9,11,14H,2-4,7-8H2,1H3. The molecule has 0 unspecified atom stereocenters. The molecule has 1 fully saturated rings.